The maximum Gasteiger partial charge on any atom is 0.279 e. The van der Waals surface area contributed by atoms with Crippen molar-refractivity contribution in [3.8, 4) is 0 Å². The van der Waals surface area contributed by atoms with Crippen molar-refractivity contribution in [1.29, 1.82) is 0 Å². The first-order chi connectivity index (χ1) is 9.02. The molecule has 5 heteroatoms. The van der Waals surface area contributed by atoms with E-state index in [1.165, 1.54) is 17.7 Å². The number of carbonyl (C=O) groups is 1. The topological polar surface area (TPSA) is 33.5 Å². The third-order valence-corrected chi connectivity index (χ3v) is 3.97. The fourth-order valence-electron chi connectivity index (χ4n) is 2.41. The van der Waals surface area contributed by atoms with Crippen LogP contribution in [0.4, 0.5) is 5.69 Å². The Morgan fingerprint density at radius 2 is 1.84 bits per heavy atom. The predicted octanol–water partition coefficient (Wildman–Crippen LogP) is 2.25. The summed E-state index contributed by atoms with van der Waals surface area (Å²) in [4.78, 5) is 13.3. The summed E-state index contributed by atoms with van der Waals surface area (Å²) < 4.78 is 0. The molecule has 1 aliphatic heterocycles. The summed E-state index contributed by atoms with van der Waals surface area (Å²) in [6.45, 7) is 4.93. The van der Waals surface area contributed by atoms with Crippen LogP contribution in [0.1, 0.15) is 19.8 Å². The quantitative estimate of drug-likeness (QED) is 0.882. The fourth-order valence-corrected chi connectivity index (χ4v) is 2.93. The summed E-state index contributed by atoms with van der Waals surface area (Å²) in [5.41, 5.74) is 0.660. The Kier molecular flexibility index (Phi) is 5.08. The van der Waals surface area contributed by atoms with Crippen LogP contribution in [-0.2, 0) is 4.79 Å². The number of piperidine rings is 1. The molecule has 3 nitrogen and oxygen atoms in total. The van der Waals surface area contributed by atoms with Gasteiger partial charge in [-0.15, -0.1) is 0 Å². The van der Waals surface area contributed by atoms with Crippen LogP contribution in [-0.4, -0.2) is 25.5 Å². The van der Waals surface area contributed by atoms with Crippen molar-refractivity contribution >= 4 is 34.8 Å². The van der Waals surface area contributed by atoms with Crippen LogP contribution in [0.3, 0.4) is 0 Å². The van der Waals surface area contributed by atoms with Gasteiger partial charge >= 0.3 is 0 Å². The van der Waals surface area contributed by atoms with Crippen LogP contribution in [0.2, 0.25) is 10.0 Å². The standard InChI is InChI=1S/C14H18Cl2N2O/c1-10-2-4-18(5-3-10)9-14(19)17-13-7-11(15)6-12(16)8-13/h6-8,10H,2-5,9H2,1H3,(H,17,19)/p+1. The highest BCUT2D eigenvalue weighted by atomic mass is 35.5. The number of nitrogens with one attached hydrogen (secondary N) is 2. The smallest absolute Gasteiger partial charge is 0.279 e. The van der Waals surface area contributed by atoms with Gasteiger partial charge in [0.05, 0.1) is 13.1 Å². The number of halogens is 2. The molecule has 104 valence electrons. The molecule has 0 radical (unpaired) electrons. The summed E-state index contributed by atoms with van der Waals surface area (Å²) in [6, 6.07) is 5.06. The number of benzene rings is 1. The first-order valence-corrected chi connectivity index (χ1v) is 7.38. The molecule has 19 heavy (non-hydrogen) atoms. The minimum Gasteiger partial charge on any atom is -0.327 e. The summed E-state index contributed by atoms with van der Waals surface area (Å²) in [7, 11) is 0. The molecule has 0 saturated carbocycles. The Labute approximate surface area is 123 Å². The van der Waals surface area contributed by atoms with E-state index in [2.05, 4.69) is 12.2 Å². The molecule has 0 aromatic heterocycles. The summed E-state index contributed by atoms with van der Waals surface area (Å²) >= 11 is 11.8. The predicted molar refractivity (Wildman–Crippen MR) is 79.1 cm³/mol. The molecule has 0 atom stereocenters. The highest BCUT2D eigenvalue weighted by molar-refractivity contribution is 6.35. The molecule has 1 aromatic rings. The molecule has 1 amide bonds. The number of rotatable bonds is 3. The van der Waals surface area contributed by atoms with Gasteiger partial charge in [0.1, 0.15) is 0 Å². The highest BCUT2D eigenvalue weighted by Gasteiger charge is 2.21. The molecular weight excluding hydrogens is 283 g/mol. The number of hydrogen-bond acceptors (Lipinski definition) is 1. The lowest BCUT2D eigenvalue weighted by Gasteiger charge is -2.26. The Morgan fingerprint density at radius 1 is 1.26 bits per heavy atom. The third kappa shape index (κ3) is 4.68. The fraction of sp³-hybridized carbons (Fsp3) is 0.500. The minimum absolute atomic E-state index is 0.0166. The number of carbonyl (C=O) groups excluding carboxylic acids is 1. The summed E-state index contributed by atoms with van der Waals surface area (Å²) in [5, 5.41) is 3.91. The van der Waals surface area contributed by atoms with Gasteiger partial charge in [0.2, 0.25) is 0 Å². The zero-order valence-corrected chi connectivity index (χ0v) is 12.5. The van der Waals surface area contributed by atoms with Gasteiger partial charge in [0.15, 0.2) is 6.54 Å². The van der Waals surface area contributed by atoms with E-state index in [4.69, 9.17) is 23.2 Å². The molecule has 1 saturated heterocycles. The van der Waals surface area contributed by atoms with E-state index in [1.54, 1.807) is 18.2 Å². The molecule has 1 heterocycles. The second-order valence-electron chi connectivity index (χ2n) is 5.32. The largest absolute Gasteiger partial charge is 0.327 e. The van der Waals surface area contributed by atoms with Gasteiger partial charge in [-0.3, -0.25) is 4.79 Å². The maximum atomic E-state index is 12.0. The van der Waals surface area contributed by atoms with Crippen LogP contribution in [0.5, 0.6) is 0 Å². The number of hydrogen-bond donors (Lipinski definition) is 2. The number of amides is 1. The molecule has 0 bridgehead atoms. The molecule has 2 N–H and O–H groups in total. The van der Waals surface area contributed by atoms with E-state index in [-0.39, 0.29) is 5.91 Å². The minimum atomic E-state index is 0.0166. The van der Waals surface area contributed by atoms with Crippen molar-refractivity contribution in [2.45, 2.75) is 19.8 Å². The van der Waals surface area contributed by atoms with E-state index < -0.39 is 0 Å². The highest BCUT2D eigenvalue weighted by Crippen LogP contribution is 2.22. The first-order valence-electron chi connectivity index (χ1n) is 6.62. The van der Waals surface area contributed by atoms with Crippen molar-refractivity contribution in [2.24, 2.45) is 5.92 Å². The SMILES string of the molecule is CC1CC[NH+](CC(=O)Nc2cc(Cl)cc(Cl)c2)CC1. The van der Waals surface area contributed by atoms with Gasteiger partial charge in [0.25, 0.3) is 5.91 Å². The van der Waals surface area contributed by atoms with Crippen LogP contribution < -0.4 is 10.2 Å². The van der Waals surface area contributed by atoms with Gasteiger partial charge in [-0.05, 0) is 37.0 Å². The second-order valence-corrected chi connectivity index (χ2v) is 6.19. The van der Waals surface area contributed by atoms with Crippen LogP contribution >= 0.6 is 23.2 Å². The van der Waals surface area contributed by atoms with Crippen molar-refractivity contribution < 1.29 is 9.69 Å². The molecule has 1 fully saturated rings. The van der Waals surface area contributed by atoms with E-state index >= 15 is 0 Å². The summed E-state index contributed by atoms with van der Waals surface area (Å²) in [6.07, 6.45) is 2.40. The molecule has 0 unspecified atom stereocenters. The molecule has 1 aromatic carbocycles. The van der Waals surface area contributed by atoms with E-state index in [9.17, 15) is 4.79 Å². The van der Waals surface area contributed by atoms with Gasteiger partial charge in [-0.25, -0.2) is 0 Å². The zero-order chi connectivity index (χ0) is 13.8. The maximum absolute atomic E-state index is 12.0. The van der Waals surface area contributed by atoms with Crippen molar-refractivity contribution in [2.75, 3.05) is 25.0 Å². The molecule has 2 rings (SSSR count). The Morgan fingerprint density at radius 3 is 2.42 bits per heavy atom. The van der Waals surface area contributed by atoms with Crippen LogP contribution in [0, 0.1) is 5.92 Å². The normalized spacial score (nSPS) is 23.1. The average Bonchev–Trinajstić information content (AvgIpc) is 2.30. The van der Waals surface area contributed by atoms with Crippen LogP contribution in [0.25, 0.3) is 0 Å². The summed E-state index contributed by atoms with van der Waals surface area (Å²) in [5.74, 6) is 0.807. The van der Waals surface area contributed by atoms with E-state index in [0.29, 0.717) is 22.3 Å². The third-order valence-electron chi connectivity index (χ3n) is 3.54. The molecular formula is C14H19Cl2N2O+. The Balaban J connectivity index is 1.87. The Hall–Kier alpha value is -0.770. The van der Waals surface area contributed by atoms with Gasteiger partial charge in [-0.1, -0.05) is 30.1 Å². The van der Waals surface area contributed by atoms with E-state index in [1.807, 2.05) is 0 Å². The number of likely N-dealkylation sites (tertiary alicyclic amines) is 1. The molecule has 0 aliphatic carbocycles. The van der Waals surface area contributed by atoms with Crippen LogP contribution in [0.15, 0.2) is 18.2 Å². The monoisotopic (exact) mass is 301 g/mol. The number of quaternary nitrogens is 1. The lowest BCUT2D eigenvalue weighted by molar-refractivity contribution is -0.897. The van der Waals surface area contributed by atoms with Crippen molar-refractivity contribution in [1.82, 2.24) is 0 Å². The second kappa shape index (κ2) is 6.60. The lowest BCUT2D eigenvalue weighted by atomic mass is 9.99. The van der Waals surface area contributed by atoms with Crippen molar-refractivity contribution in [3.63, 3.8) is 0 Å². The first kappa shape index (κ1) is 14.6. The number of anilines is 1. The zero-order valence-electron chi connectivity index (χ0n) is 11.0. The Bertz CT molecular complexity index is 437. The van der Waals surface area contributed by atoms with Gasteiger partial charge in [-0.2, -0.15) is 0 Å². The average molecular weight is 302 g/mol. The van der Waals surface area contributed by atoms with Crippen molar-refractivity contribution in [3.05, 3.63) is 28.2 Å². The molecule has 0 spiro atoms. The van der Waals surface area contributed by atoms with Gasteiger partial charge < -0.3 is 10.2 Å². The lowest BCUT2D eigenvalue weighted by Crippen LogP contribution is -3.14. The van der Waals surface area contributed by atoms with Gasteiger partial charge in [0, 0.05) is 15.7 Å². The van der Waals surface area contributed by atoms with E-state index in [0.717, 1.165) is 19.0 Å². The molecule has 1 aliphatic rings.